The van der Waals surface area contributed by atoms with E-state index in [1.165, 1.54) is 36.8 Å². The molecule has 0 radical (unpaired) electrons. The van der Waals surface area contributed by atoms with Crippen LogP contribution >= 0.6 is 0 Å². The Morgan fingerprint density at radius 2 is 0.900 bits per heavy atom. The first-order valence-corrected chi connectivity index (χ1v) is 14.7. The molecule has 8 heteroatoms. The van der Waals surface area contributed by atoms with Crippen LogP contribution in [0.5, 0.6) is 0 Å². The predicted molar refractivity (Wildman–Crippen MR) is 149 cm³/mol. The molecule has 4 aliphatic heterocycles. The monoisotopic (exact) mass is 674 g/mol. The van der Waals surface area contributed by atoms with E-state index in [1.54, 1.807) is 0 Å². The third-order valence-electron chi connectivity index (χ3n) is 10.7. The van der Waals surface area contributed by atoms with Gasteiger partial charge in [0.05, 0.1) is 40.3 Å². The second kappa shape index (κ2) is 12.6. The largest absolute Gasteiger partial charge is 1.00 e. The van der Waals surface area contributed by atoms with Crippen LogP contribution in [0.2, 0.25) is 0 Å². The number of rotatable bonds is 7. The normalized spacial score (nSPS) is 32.2. The molecule has 2 aromatic carbocycles. The summed E-state index contributed by atoms with van der Waals surface area (Å²) in [6, 6.07) is 23.5. The van der Waals surface area contributed by atoms with Gasteiger partial charge in [-0.3, -0.25) is 9.59 Å². The van der Waals surface area contributed by atoms with Crippen LogP contribution in [0.25, 0.3) is 0 Å². The minimum absolute atomic E-state index is 0. The summed E-state index contributed by atoms with van der Waals surface area (Å²) in [5.41, 5.74) is 2.76. The molecule has 6 nitrogen and oxygen atoms in total. The van der Waals surface area contributed by atoms with E-state index in [1.807, 2.05) is 0 Å². The number of carbonyl (C=O) groups excluding carboxylic acids is 2. The quantitative estimate of drug-likeness (QED) is 0.314. The smallest absolute Gasteiger partial charge is 0.223 e. The second-order valence-electron chi connectivity index (χ2n) is 12.8. The lowest BCUT2D eigenvalue weighted by molar-refractivity contribution is -0.959. The molecule has 0 N–H and O–H groups in total. The maximum Gasteiger partial charge on any atom is 0.223 e. The van der Waals surface area contributed by atoms with E-state index in [-0.39, 0.29) is 45.8 Å². The first-order chi connectivity index (χ1) is 18.3. The zero-order valence-electron chi connectivity index (χ0n) is 23.9. The van der Waals surface area contributed by atoms with Crippen molar-refractivity contribution in [2.45, 2.75) is 75.8 Å². The summed E-state index contributed by atoms with van der Waals surface area (Å²) in [5, 5.41) is 0. The molecule has 218 valence electrons. The molecule has 4 bridgehead atoms. The number of likely N-dealkylation sites (N-methyl/N-ethyl adjacent to an activating group) is 2. The lowest BCUT2D eigenvalue weighted by Gasteiger charge is -2.48. The van der Waals surface area contributed by atoms with Crippen LogP contribution in [-0.4, -0.2) is 95.0 Å². The van der Waals surface area contributed by atoms with E-state index in [0.717, 1.165) is 48.2 Å². The molecule has 4 saturated heterocycles. The van der Waals surface area contributed by atoms with Crippen molar-refractivity contribution >= 4 is 11.8 Å². The number of fused-ring (bicyclic) bond motifs is 4. The number of hydrogen-bond acceptors (Lipinski definition) is 2. The van der Waals surface area contributed by atoms with E-state index >= 15 is 0 Å². The molecule has 0 spiro atoms. The fourth-order valence-electron chi connectivity index (χ4n) is 8.23. The molecule has 0 aromatic heterocycles. The number of nitrogens with zero attached hydrogens (tertiary/aromatic N) is 4. The van der Waals surface area contributed by atoms with Gasteiger partial charge in [-0.2, -0.15) is 0 Å². The van der Waals surface area contributed by atoms with Gasteiger partial charge in [-0.05, 0) is 0 Å². The minimum atomic E-state index is 0. The Morgan fingerprint density at radius 3 is 1.20 bits per heavy atom. The topological polar surface area (TPSA) is 40.6 Å². The molecule has 2 amide bonds. The van der Waals surface area contributed by atoms with Crippen LogP contribution in [0.1, 0.15) is 49.7 Å². The Bertz CT molecular complexity index is 1040. The number of halogens is 2. The summed E-state index contributed by atoms with van der Waals surface area (Å²) in [6.07, 6.45) is 5.45. The zero-order chi connectivity index (χ0) is 26.3. The summed E-state index contributed by atoms with van der Waals surface area (Å²) >= 11 is 0. The lowest BCUT2D eigenvalue weighted by atomic mass is 10.1. The van der Waals surface area contributed by atoms with Gasteiger partial charge in [-0.15, -0.1) is 0 Å². The Morgan fingerprint density at radius 1 is 0.600 bits per heavy atom. The molecule has 6 rings (SSSR count). The van der Waals surface area contributed by atoms with Gasteiger partial charge in [0.25, 0.3) is 0 Å². The average Bonchev–Trinajstić information content (AvgIpc) is 3.18. The van der Waals surface area contributed by atoms with Gasteiger partial charge in [0, 0.05) is 49.7 Å². The highest BCUT2D eigenvalue weighted by molar-refractivity contribution is 5.84. The third kappa shape index (κ3) is 5.92. The standard InChI is InChI=1S/C32H44N4O2.2BrH/c1-35(23-25-9-5-3-6-10-25)27-13-14-28(35)20-33(19-27)31(37)17-18-32(38)34-21-29-15-16-30(22-34)36(29,2)24-26-11-7-4-8-12-26;;/h3-12,27-30H,13-24H2,1-2H3;2*1H/q+2;;/p-2/t27-,28+,29-,30+,35?,36?;;. The van der Waals surface area contributed by atoms with Gasteiger partial charge in [-0.1, -0.05) is 60.7 Å². The fourth-order valence-corrected chi connectivity index (χ4v) is 8.23. The molecule has 40 heavy (non-hydrogen) atoms. The van der Waals surface area contributed by atoms with Crippen molar-refractivity contribution in [1.82, 2.24) is 9.80 Å². The molecule has 2 unspecified atom stereocenters. The minimum Gasteiger partial charge on any atom is -1.00 e. The van der Waals surface area contributed by atoms with Crippen molar-refractivity contribution in [1.29, 1.82) is 0 Å². The van der Waals surface area contributed by atoms with Crippen molar-refractivity contribution in [3.05, 3.63) is 71.8 Å². The van der Waals surface area contributed by atoms with Crippen LogP contribution in [0.3, 0.4) is 0 Å². The Hall–Kier alpha value is -1.74. The zero-order valence-corrected chi connectivity index (χ0v) is 27.1. The third-order valence-corrected chi connectivity index (χ3v) is 10.7. The highest BCUT2D eigenvalue weighted by Gasteiger charge is 2.53. The molecule has 4 aliphatic rings. The number of benzene rings is 2. The van der Waals surface area contributed by atoms with Crippen LogP contribution in [0, 0.1) is 0 Å². The van der Waals surface area contributed by atoms with Crippen LogP contribution in [0.4, 0.5) is 0 Å². The van der Waals surface area contributed by atoms with E-state index in [2.05, 4.69) is 84.6 Å². The van der Waals surface area contributed by atoms with Crippen molar-refractivity contribution < 1.29 is 52.5 Å². The van der Waals surface area contributed by atoms with Crippen LogP contribution in [-0.2, 0) is 22.7 Å². The van der Waals surface area contributed by atoms with E-state index in [4.69, 9.17) is 0 Å². The molecule has 2 aromatic rings. The fraction of sp³-hybridized carbons (Fsp3) is 0.562. The Labute approximate surface area is 261 Å². The van der Waals surface area contributed by atoms with Gasteiger partial charge in [-0.25, -0.2) is 0 Å². The molecule has 0 saturated carbocycles. The van der Waals surface area contributed by atoms with Crippen molar-refractivity contribution in [3.63, 3.8) is 0 Å². The molecule has 6 atom stereocenters. The summed E-state index contributed by atoms with van der Waals surface area (Å²) in [7, 11) is 4.77. The highest BCUT2D eigenvalue weighted by atomic mass is 79.9. The molecule has 0 aliphatic carbocycles. The number of quaternary nitrogens is 2. The highest BCUT2D eigenvalue weighted by Crippen LogP contribution is 2.39. The van der Waals surface area contributed by atoms with Gasteiger partial charge in [0.1, 0.15) is 37.3 Å². The van der Waals surface area contributed by atoms with E-state index < -0.39 is 0 Å². The number of amides is 2. The first kappa shape index (κ1) is 31.2. The molecular weight excluding hydrogens is 632 g/mol. The number of piperazine rings is 2. The number of hydrogen-bond donors (Lipinski definition) is 0. The van der Waals surface area contributed by atoms with Crippen LogP contribution in [0.15, 0.2) is 60.7 Å². The summed E-state index contributed by atoms with van der Waals surface area (Å²) in [6.45, 7) is 5.39. The molecule has 4 heterocycles. The van der Waals surface area contributed by atoms with Gasteiger partial charge in [0.15, 0.2) is 0 Å². The SMILES string of the molecule is C[N+]1(Cc2ccccc2)[C@@H]2CC[C@H]1CN(C(=O)CCC(=O)N1C[C@H]3CC[C@@H](C1)[N+]3(C)Cc1ccccc1)C2.[Br-].[Br-]. The number of likely N-dealkylation sites (tertiary alicyclic amines) is 2. The van der Waals surface area contributed by atoms with Gasteiger partial charge >= 0.3 is 0 Å². The number of carbonyl (C=O) groups is 2. The van der Waals surface area contributed by atoms with Crippen LogP contribution < -0.4 is 34.0 Å². The average molecular weight is 677 g/mol. The molecule has 4 fully saturated rings. The Balaban J connectivity index is 0.00000185. The maximum atomic E-state index is 13.3. The molecular formula is C32H44Br2N4O2. The van der Waals surface area contributed by atoms with Crippen molar-refractivity contribution in [2.75, 3.05) is 40.3 Å². The maximum absolute atomic E-state index is 13.3. The first-order valence-electron chi connectivity index (χ1n) is 14.7. The summed E-state index contributed by atoms with van der Waals surface area (Å²) in [5.74, 6) is 0.344. The Kier molecular flexibility index (Phi) is 9.86. The predicted octanol–water partition coefficient (Wildman–Crippen LogP) is -2.19. The summed E-state index contributed by atoms with van der Waals surface area (Å²) in [4.78, 5) is 30.7. The van der Waals surface area contributed by atoms with E-state index in [0.29, 0.717) is 37.0 Å². The second-order valence-corrected chi connectivity index (χ2v) is 12.8. The van der Waals surface area contributed by atoms with E-state index in [9.17, 15) is 9.59 Å². The van der Waals surface area contributed by atoms with Gasteiger partial charge in [0.2, 0.25) is 11.8 Å². The van der Waals surface area contributed by atoms with Gasteiger partial charge < -0.3 is 52.7 Å². The summed E-state index contributed by atoms with van der Waals surface area (Å²) < 4.78 is 2.09. The van der Waals surface area contributed by atoms with Crippen molar-refractivity contribution in [3.8, 4) is 0 Å². The van der Waals surface area contributed by atoms with Crippen molar-refractivity contribution in [2.24, 2.45) is 0 Å². The lowest BCUT2D eigenvalue weighted by Crippen LogP contribution is -3.00.